The summed E-state index contributed by atoms with van der Waals surface area (Å²) in [5.74, 6) is 0.348. The number of benzene rings is 1. The maximum Gasteiger partial charge on any atom is 0.411 e. The quantitative estimate of drug-likeness (QED) is 0.790. The molecule has 1 heterocycles. The summed E-state index contributed by atoms with van der Waals surface area (Å²) < 4.78 is 10.0. The van der Waals surface area contributed by atoms with Crippen molar-refractivity contribution < 1.29 is 14.3 Å². The molecule has 0 saturated carbocycles. The smallest absolute Gasteiger partial charge is 0.411 e. The molecule has 0 bridgehead atoms. The van der Waals surface area contributed by atoms with Gasteiger partial charge in [0.1, 0.15) is 0 Å². The predicted molar refractivity (Wildman–Crippen MR) is 69.7 cm³/mol. The highest BCUT2D eigenvalue weighted by Gasteiger charge is 2.17. The van der Waals surface area contributed by atoms with E-state index in [2.05, 4.69) is 10.1 Å². The van der Waals surface area contributed by atoms with Gasteiger partial charge in [-0.15, -0.1) is 0 Å². The Labute approximate surface area is 106 Å². The average molecular weight is 250 g/mol. The van der Waals surface area contributed by atoms with Crippen molar-refractivity contribution in [1.29, 1.82) is 0 Å². The Morgan fingerprint density at radius 1 is 1.50 bits per heavy atom. The second-order valence-corrected chi connectivity index (χ2v) is 4.42. The first-order valence-electron chi connectivity index (χ1n) is 6.02. The van der Waals surface area contributed by atoms with E-state index in [4.69, 9.17) is 10.5 Å². The van der Waals surface area contributed by atoms with Crippen LogP contribution in [-0.4, -0.2) is 26.4 Å². The fourth-order valence-corrected chi connectivity index (χ4v) is 2.16. The van der Waals surface area contributed by atoms with Crippen molar-refractivity contribution in [2.45, 2.75) is 18.8 Å². The lowest BCUT2D eigenvalue weighted by Crippen LogP contribution is -2.16. The number of anilines is 2. The molecule has 1 aliphatic heterocycles. The third-order valence-corrected chi connectivity index (χ3v) is 3.04. The molecule has 0 radical (unpaired) electrons. The van der Waals surface area contributed by atoms with Gasteiger partial charge in [-0.25, -0.2) is 4.79 Å². The van der Waals surface area contributed by atoms with E-state index in [1.54, 1.807) is 6.07 Å². The van der Waals surface area contributed by atoms with Crippen molar-refractivity contribution in [3.63, 3.8) is 0 Å². The molecule has 1 aliphatic rings. The SMILES string of the molecule is COC(=O)Nc1cc(N)cc(C2CCCOC2)c1. The van der Waals surface area contributed by atoms with Gasteiger partial charge in [-0.3, -0.25) is 5.32 Å². The van der Waals surface area contributed by atoms with E-state index in [-0.39, 0.29) is 0 Å². The maximum atomic E-state index is 11.2. The highest BCUT2D eigenvalue weighted by Crippen LogP contribution is 2.29. The third-order valence-electron chi connectivity index (χ3n) is 3.04. The summed E-state index contributed by atoms with van der Waals surface area (Å²) in [6.45, 7) is 1.53. The number of rotatable bonds is 2. The first-order chi connectivity index (χ1) is 8.69. The Hall–Kier alpha value is -1.75. The van der Waals surface area contributed by atoms with Gasteiger partial charge in [0.05, 0.1) is 13.7 Å². The largest absolute Gasteiger partial charge is 0.453 e. The van der Waals surface area contributed by atoms with Crippen LogP contribution in [0.25, 0.3) is 0 Å². The summed E-state index contributed by atoms with van der Waals surface area (Å²) in [6, 6.07) is 5.57. The zero-order chi connectivity index (χ0) is 13.0. The topological polar surface area (TPSA) is 73.6 Å². The average Bonchev–Trinajstić information content (AvgIpc) is 2.39. The summed E-state index contributed by atoms with van der Waals surface area (Å²) in [4.78, 5) is 11.2. The summed E-state index contributed by atoms with van der Waals surface area (Å²) in [7, 11) is 1.33. The minimum Gasteiger partial charge on any atom is -0.453 e. The van der Waals surface area contributed by atoms with Crippen LogP contribution in [0, 0.1) is 0 Å². The fourth-order valence-electron chi connectivity index (χ4n) is 2.16. The number of hydrogen-bond donors (Lipinski definition) is 2. The monoisotopic (exact) mass is 250 g/mol. The van der Waals surface area contributed by atoms with E-state index in [1.807, 2.05) is 12.1 Å². The zero-order valence-electron chi connectivity index (χ0n) is 10.4. The van der Waals surface area contributed by atoms with Gasteiger partial charge in [0.25, 0.3) is 0 Å². The zero-order valence-corrected chi connectivity index (χ0v) is 10.4. The Balaban J connectivity index is 2.17. The van der Waals surface area contributed by atoms with E-state index in [0.717, 1.165) is 25.0 Å². The molecule has 1 aromatic rings. The molecule has 1 aromatic carbocycles. The van der Waals surface area contributed by atoms with E-state index < -0.39 is 6.09 Å². The standard InChI is InChI=1S/C13H18N2O3/c1-17-13(16)15-12-6-10(5-11(14)7-12)9-3-2-4-18-8-9/h5-7,9H,2-4,8,14H2,1H3,(H,15,16). The van der Waals surface area contributed by atoms with Gasteiger partial charge in [0.2, 0.25) is 0 Å². The van der Waals surface area contributed by atoms with Gasteiger partial charge in [-0.2, -0.15) is 0 Å². The summed E-state index contributed by atoms with van der Waals surface area (Å²) in [5, 5.41) is 2.63. The second-order valence-electron chi connectivity index (χ2n) is 4.42. The van der Waals surface area contributed by atoms with Crippen molar-refractivity contribution in [1.82, 2.24) is 0 Å². The Kier molecular flexibility index (Phi) is 4.04. The van der Waals surface area contributed by atoms with Crippen molar-refractivity contribution in [2.24, 2.45) is 0 Å². The summed E-state index contributed by atoms with van der Waals surface area (Å²) in [5.41, 5.74) is 8.23. The van der Waals surface area contributed by atoms with Gasteiger partial charge >= 0.3 is 6.09 Å². The lowest BCUT2D eigenvalue weighted by Gasteiger charge is -2.23. The van der Waals surface area contributed by atoms with Gasteiger partial charge in [0.15, 0.2) is 0 Å². The van der Waals surface area contributed by atoms with Crippen molar-refractivity contribution in [3.05, 3.63) is 23.8 Å². The van der Waals surface area contributed by atoms with Crippen LogP contribution in [0.15, 0.2) is 18.2 Å². The number of methoxy groups -OCH3 is 1. The molecule has 0 aromatic heterocycles. The molecular formula is C13H18N2O3. The van der Waals surface area contributed by atoms with E-state index in [0.29, 0.717) is 23.9 Å². The van der Waals surface area contributed by atoms with Gasteiger partial charge in [-0.05, 0) is 36.6 Å². The molecule has 1 atom stereocenters. The summed E-state index contributed by atoms with van der Waals surface area (Å²) >= 11 is 0. The molecule has 18 heavy (non-hydrogen) atoms. The number of carbonyl (C=O) groups is 1. The highest BCUT2D eigenvalue weighted by atomic mass is 16.5. The van der Waals surface area contributed by atoms with Gasteiger partial charge in [0, 0.05) is 23.9 Å². The molecule has 3 N–H and O–H groups in total. The lowest BCUT2D eigenvalue weighted by molar-refractivity contribution is 0.0805. The molecule has 1 saturated heterocycles. The number of nitrogens with one attached hydrogen (secondary N) is 1. The van der Waals surface area contributed by atoms with Crippen LogP contribution in [0.3, 0.4) is 0 Å². The number of amides is 1. The molecule has 0 spiro atoms. The number of ether oxygens (including phenoxy) is 2. The molecule has 1 unspecified atom stereocenters. The first-order valence-corrected chi connectivity index (χ1v) is 6.02. The van der Waals surface area contributed by atoms with Crippen molar-refractivity contribution in [2.75, 3.05) is 31.4 Å². The number of hydrogen-bond acceptors (Lipinski definition) is 4. The van der Waals surface area contributed by atoms with Crippen LogP contribution in [0.1, 0.15) is 24.3 Å². The molecule has 1 fully saturated rings. The molecule has 0 aliphatic carbocycles. The van der Waals surface area contributed by atoms with Crippen LogP contribution in [0.2, 0.25) is 0 Å². The molecule has 1 amide bonds. The molecule has 5 heteroatoms. The summed E-state index contributed by atoms with van der Waals surface area (Å²) in [6.07, 6.45) is 1.65. The predicted octanol–water partition coefficient (Wildman–Crippen LogP) is 2.34. The number of nitrogens with two attached hydrogens (primary N) is 1. The van der Waals surface area contributed by atoms with Crippen LogP contribution in [0.5, 0.6) is 0 Å². The third kappa shape index (κ3) is 3.13. The Morgan fingerprint density at radius 3 is 3.00 bits per heavy atom. The minimum atomic E-state index is -0.494. The fraction of sp³-hybridized carbons (Fsp3) is 0.462. The van der Waals surface area contributed by atoms with E-state index in [1.165, 1.54) is 7.11 Å². The molecule has 98 valence electrons. The molecular weight excluding hydrogens is 232 g/mol. The first kappa shape index (κ1) is 12.7. The Bertz CT molecular complexity index is 428. The number of carbonyl (C=O) groups excluding carboxylic acids is 1. The highest BCUT2D eigenvalue weighted by molar-refractivity contribution is 5.85. The van der Waals surface area contributed by atoms with E-state index >= 15 is 0 Å². The van der Waals surface area contributed by atoms with Crippen LogP contribution in [-0.2, 0) is 9.47 Å². The van der Waals surface area contributed by atoms with Crippen LogP contribution in [0.4, 0.5) is 16.2 Å². The van der Waals surface area contributed by atoms with Crippen LogP contribution < -0.4 is 11.1 Å². The van der Waals surface area contributed by atoms with E-state index in [9.17, 15) is 4.79 Å². The molecule has 2 rings (SSSR count). The van der Waals surface area contributed by atoms with Crippen molar-refractivity contribution >= 4 is 17.5 Å². The van der Waals surface area contributed by atoms with Gasteiger partial charge in [-0.1, -0.05) is 0 Å². The minimum absolute atomic E-state index is 0.348. The van der Waals surface area contributed by atoms with Crippen LogP contribution >= 0.6 is 0 Å². The number of nitrogen functional groups attached to an aromatic ring is 1. The Morgan fingerprint density at radius 2 is 2.33 bits per heavy atom. The normalized spacial score (nSPS) is 19.3. The second kappa shape index (κ2) is 5.73. The van der Waals surface area contributed by atoms with Gasteiger partial charge < -0.3 is 15.2 Å². The van der Waals surface area contributed by atoms with Crippen molar-refractivity contribution in [3.8, 4) is 0 Å². The lowest BCUT2D eigenvalue weighted by atomic mass is 9.93. The maximum absolute atomic E-state index is 11.2. The molecule has 5 nitrogen and oxygen atoms in total.